The average Bonchev–Trinajstić information content (AvgIpc) is 3.82. The number of fused-ring (bicyclic) bond motifs is 22. The van der Waals surface area contributed by atoms with Crippen molar-refractivity contribution in [3.63, 3.8) is 0 Å². The van der Waals surface area contributed by atoms with Gasteiger partial charge in [-0.3, -0.25) is 0 Å². The first-order chi connectivity index (χ1) is 31.3. The highest BCUT2D eigenvalue weighted by atomic mass is 16.5. The molecular formula is C62H36O. The molecule has 0 saturated carbocycles. The van der Waals surface area contributed by atoms with E-state index >= 15 is 0 Å². The molecule has 0 bridgehead atoms. The lowest BCUT2D eigenvalue weighted by molar-refractivity contribution is 0.447. The van der Waals surface area contributed by atoms with E-state index in [0.29, 0.717) is 0 Å². The monoisotopic (exact) mass is 796 g/mol. The Balaban J connectivity index is 1.10. The smallest absolute Gasteiger partial charge is 0.140 e. The van der Waals surface area contributed by atoms with Gasteiger partial charge in [0.15, 0.2) is 0 Å². The van der Waals surface area contributed by atoms with E-state index in [0.717, 1.165) is 22.3 Å². The van der Waals surface area contributed by atoms with Crippen LogP contribution in [0, 0.1) is 0 Å². The second-order valence-electron chi connectivity index (χ2n) is 17.7. The van der Waals surface area contributed by atoms with Crippen LogP contribution < -0.4 is 4.74 Å². The van der Waals surface area contributed by atoms with Gasteiger partial charge in [0.1, 0.15) is 11.5 Å². The van der Waals surface area contributed by atoms with Crippen LogP contribution in [0.2, 0.25) is 0 Å². The quantitative estimate of drug-likeness (QED) is 0.161. The second-order valence-corrected chi connectivity index (χ2v) is 17.7. The predicted octanol–water partition coefficient (Wildman–Crippen LogP) is 15.6. The first kappa shape index (κ1) is 33.7. The lowest BCUT2D eigenvalue weighted by Gasteiger charge is -2.41. The summed E-state index contributed by atoms with van der Waals surface area (Å²) in [6, 6.07) is 82.1. The fourth-order valence-electron chi connectivity index (χ4n) is 12.9. The lowest BCUT2D eigenvalue weighted by atomic mass is 9.61. The number of hydrogen-bond acceptors (Lipinski definition) is 1. The predicted molar refractivity (Wildman–Crippen MR) is 258 cm³/mol. The normalized spacial score (nSPS) is 16.3. The molecule has 0 radical (unpaired) electrons. The van der Waals surface area contributed by atoms with E-state index in [9.17, 15) is 0 Å². The Hall–Kier alpha value is -8.00. The van der Waals surface area contributed by atoms with Crippen LogP contribution in [0.25, 0.3) is 76.8 Å². The Bertz CT molecular complexity index is 3800. The molecule has 1 atom stereocenters. The van der Waals surface area contributed by atoms with E-state index in [1.165, 1.54) is 111 Å². The van der Waals surface area contributed by atoms with Crippen LogP contribution >= 0.6 is 0 Å². The number of benzene rings is 11. The van der Waals surface area contributed by atoms with Crippen LogP contribution in [0.15, 0.2) is 218 Å². The van der Waals surface area contributed by atoms with Crippen LogP contribution in [0.3, 0.4) is 0 Å². The van der Waals surface area contributed by atoms with Gasteiger partial charge in [-0.25, -0.2) is 0 Å². The maximum Gasteiger partial charge on any atom is 0.140 e. The molecule has 2 spiro atoms. The van der Waals surface area contributed by atoms with E-state index in [4.69, 9.17) is 4.74 Å². The maximum atomic E-state index is 7.46. The summed E-state index contributed by atoms with van der Waals surface area (Å²) in [5, 5.41) is 7.21. The molecule has 0 amide bonds. The molecule has 4 aliphatic rings. The van der Waals surface area contributed by atoms with Gasteiger partial charge in [0, 0.05) is 21.9 Å². The molecule has 11 aromatic carbocycles. The highest BCUT2D eigenvalue weighted by Crippen LogP contribution is 2.67. The van der Waals surface area contributed by atoms with Crippen LogP contribution in [0.5, 0.6) is 11.5 Å². The van der Waals surface area contributed by atoms with Crippen molar-refractivity contribution >= 4 is 32.3 Å². The van der Waals surface area contributed by atoms with Gasteiger partial charge >= 0.3 is 0 Å². The molecule has 63 heavy (non-hydrogen) atoms. The summed E-state index contributed by atoms with van der Waals surface area (Å²) in [5.41, 5.74) is 19.4. The van der Waals surface area contributed by atoms with Gasteiger partial charge in [-0.05, 0) is 105 Å². The molecule has 1 nitrogen and oxygen atoms in total. The van der Waals surface area contributed by atoms with Crippen molar-refractivity contribution in [3.05, 3.63) is 263 Å². The molecule has 0 aromatic heterocycles. The number of rotatable bonds is 1. The standard InChI is InChI=1S/C62H36O/c1-2-19-39-37(16-1)34-35-55-59(39)63-60-46-24-4-3-20-40(46)48(36-56(60)62(55)49-28-9-5-21-41(49)42-22-6-10-29-50(42)62)45-27-15-33-54-58(45)47-25-8-12-31-52(47)61(54)51-30-11-7-23-43(51)44-26-13-17-38-18-14-32-53(61)57(38)44/h1-36H. The van der Waals surface area contributed by atoms with E-state index in [-0.39, 0.29) is 0 Å². The van der Waals surface area contributed by atoms with Crippen molar-refractivity contribution in [2.75, 3.05) is 0 Å². The van der Waals surface area contributed by atoms with Gasteiger partial charge in [-0.15, -0.1) is 0 Å². The molecule has 1 unspecified atom stereocenters. The molecule has 3 aliphatic carbocycles. The fourth-order valence-corrected chi connectivity index (χ4v) is 12.9. The molecule has 0 saturated heterocycles. The summed E-state index contributed by atoms with van der Waals surface area (Å²) < 4.78 is 7.46. The summed E-state index contributed by atoms with van der Waals surface area (Å²) in [6.07, 6.45) is 0. The molecule has 1 aliphatic heterocycles. The number of hydrogen-bond donors (Lipinski definition) is 0. The third kappa shape index (κ3) is 3.92. The van der Waals surface area contributed by atoms with Crippen molar-refractivity contribution in [2.45, 2.75) is 10.8 Å². The minimum absolute atomic E-state index is 0.510. The molecule has 0 N–H and O–H groups in total. The van der Waals surface area contributed by atoms with Crippen molar-refractivity contribution in [1.82, 2.24) is 0 Å². The summed E-state index contributed by atoms with van der Waals surface area (Å²) in [7, 11) is 0. The van der Waals surface area contributed by atoms with Gasteiger partial charge < -0.3 is 4.74 Å². The summed E-state index contributed by atoms with van der Waals surface area (Å²) >= 11 is 0. The molecule has 1 heteroatoms. The van der Waals surface area contributed by atoms with Crippen LogP contribution in [-0.2, 0) is 10.8 Å². The van der Waals surface area contributed by atoms with Crippen LogP contribution in [0.1, 0.15) is 44.5 Å². The van der Waals surface area contributed by atoms with Crippen molar-refractivity contribution < 1.29 is 4.74 Å². The Kier molecular flexibility index (Phi) is 6.35. The number of ether oxygens (including phenoxy) is 1. The van der Waals surface area contributed by atoms with E-state index < -0.39 is 10.8 Å². The fraction of sp³-hybridized carbons (Fsp3) is 0.0323. The zero-order chi connectivity index (χ0) is 41.0. The third-order valence-electron chi connectivity index (χ3n) is 15.1. The minimum atomic E-state index is -0.627. The Morgan fingerprint density at radius 2 is 0.714 bits per heavy atom. The summed E-state index contributed by atoms with van der Waals surface area (Å²) in [4.78, 5) is 0. The van der Waals surface area contributed by atoms with Crippen LogP contribution in [-0.4, -0.2) is 0 Å². The Morgan fingerprint density at radius 1 is 0.254 bits per heavy atom. The lowest BCUT2D eigenvalue weighted by Crippen LogP contribution is -2.32. The van der Waals surface area contributed by atoms with E-state index in [2.05, 4.69) is 218 Å². The Labute approximate surface area is 365 Å². The van der Waals surface area contributed by atoms with Crippen molar-refractivity contribution in [3.8, 4) is 56.0 Å². The van der Waals surface area contributed by atoms with Gasteiger partial charge in [0.05, 0.1) is 10.8 Å². The third-order valence-corrected chi connectivity index (χ3v) is 15.1. The Morgan fingerprint density at radius 3 is 1.44 bits per heavy atom. The molecular weight excluding hydrogens is 761 g/mol. The minimum Gasteiger partial charge on any atom is -0.455 e. The van der Waals surface area contributed by atoms with Gasteiger partial charge in [-0.1, -0.05) is 212 Å². The van der Waals surface area contributed by atoms with E-state index in [1.54, 1.807) is 0 Å². The largest absolute Gasteiger partial charge is 0.455 e. The first-order valence-corrected chi connectivity index (χ1v) is 22.1. The topological polar surface area (TPSA) is 9.23 Å². The van der Waals surface area contributed by atoms with Gasteiger partial charge in [-0.2, -0.15) is 0 Å². The van der Waals surface area contributed by atoms with Crippen LogP contribution in [0.4, 0.5) is 0 Å². The molecule has 0 fully saturated rings. The molecule has 1 heterocycles. The molecule has 290 valence electrons. The summed E-state index contributed by atoms with van der Waals surface area (Å²) in [5.74, 6) is 1.87. The second kappa shape index (κ2) is 11.9. The highest BCUT2D eigenvalue weighted by molar-refractivity contribution is 6.11. The van der Waals surface area contributed by atoms with Crippen molar-refractivity contribution in [2.24, 2.45) is 0 Å². The highest BCUT2D eigenvalue weighted by Gasteiger charge is 2.53. The zero-order valence-electron chi connectivity index (χ0n) is 34.2. The van der Waals surface area contributed by atoms with Gasteiger partial charge in [0.25, 0.3) is 0 Å². The zero-order valence-corrected chi connectivity index (χ0v) is 34.2. The van der Waals surface area contributed by atoms with Crippen molar-refractivity contribution in [1.29, 1.82) is 0 Å². The summed E-state index contributed by atoms with van der Waals surface area (Å²) in [6.45, 7) is 0. The molecule has 11 aromatic rings. The average molecular weight is 797 g/mol. The van der Waals surface area contributed by atoms with Gasteiger partial charge in [0.2, 0.25) is 0 Å². The van der Waals surface area contributed by atoms with E-state index in [1.807, 2.05) is 0 Å². The maximum absolute atomic E-state index is 7.46. The first-order valence-electron chi connectivity index (χ1n) is 22.1. The SMILES string of the molecule is c1ccc2c(c1)-c1ccccc1C21c2ccc3ccccc3c2Oc2c1cc(-c1cccc3c1-c1ccccc1C31c3ccccc3-c3cccc4cccc1c34)c1ccccc21. The molecule has 15 rings (SSSR count).